The number of hydrogen-bond donors (Lipinski definition) is 0. The first kappa shape index (κ1) is 14.9. The molecule has 2 amide bonds. The topological polar surface area (TPSA) is 40.6 Å². The van der Waals surface area contributed by atoms with E-state index >= 15 is 0 Å². The fraction of sp³-hybridized carbons (Fsp3) is 0.300. The first-order valence-electron chi connectivity index (χ1n) is 8.53. The van der Waals surface area contributed by atoms with Crippen LogP contribution in [0.15, 0.2) is 48.5 Å². The molecule has 1 saturated heterocycles. The Hall–Kier alpha value is -2.62. The summed E-state index contributed by atoms with van der Waals surface area (Å²) in [7, 11) is 0. The average Bonchev–Trinajstić information content (AvgIpc) is 2.99. The summed E-state index contributed by atoms with van der Waals surface area (Å²) in [6.45, 7) is 2.23. The van der Waals surface area contributed by atoms with Crippen LogP contribution in [0.1, 0.15) is 45.5 Å². The van der Waals surface area contributed by atoms with Crippen molar-refractivity contribution in [3.05, 3.63) is 65.2 Å². The fourth-order valence-corrected chi connectivity index (χ4v) is 3.55. The Kier molecular flexibility index (Phi) is 3.81. The Morgan fingerprint density at radius 3 is 2.50 bits per heavy atom. The lowest BCUT2D eigenvalue weighted by Gasteiger charge is -2.27. The van der Waals surface area contributed by atoms with Gasteiger partial charge in [-0.15, -0.1) is 0 Å². The lowest BCUT2D eigenvalue weighted by molar-refractivity contribution is 0.0724. The third-order valence-electron chi connectivity index (χ3n) is 4.87. The molecule has 0 radical (unpaired) electrons. The molecule has 2 heterocycles. The third kappa shape index (κ3) is 2.58. The summed E-state index contributed by atoms with van der Waals surface area (Å²) in [4.78, 5) is 29.0. The minimum atomic E-state index is 0.00757. The van der Waals surface area contributed by atoms with Gasteiger partial charge in [0.15, 0.2) is 0 Å². The van der Waals surface area contributed by atoms with Crippen molar-refractivity contribution >= 4 is 17.5 Å². The van der Waals surface area contributed by atoms with Crippen molar-refractivity contribution in [2.24, 2.45) is 0 Å². The number of likely N-dealkylation sites (tertiary alicyclic amines) is 1. The van der Waals surface area contributed by atoms with E-state index in [2.05, 4.69) is 0 Å². The van der Waals surface area contributed by atoms with Gasteiger partial charge >= 0.3 is 0 Å². The summed E-state index contributed by atoms with van der Waals surface area (Å²) in [5.41, 5.74) is 3.25. The van der Waals surface area contributed by atoms with Gasteiger partial charge in [0.2, 0.25) is 0 Å². The fourth-order valence-electron chi connectivity index (χ4n) is 3.55. The molecule has 4 rings (SSSR count). The maximum Gasteiger partial charge on any atom is 0.258 e. The number of rotatable bonds is 2. The summed E-state index contributed by atoms with van der Waals surface area (Å²) in [6.07, 6.45) is 3.35. The van der Waals surface area contributed by atoms with Gasteiger partial charge in [0.05, 0.1) is 6.54 Å². The zero-order chi connectivity index (χ0) is 16.5. The molecule has 0 N–H and O–H groups in total. The van der Waals surface area contributed by atoms with Crippen LogP contribution in [0.3, 0.4) is 0 Å². The number of nitrogens with zero attached hydrogens (tertiary/aromatic N) is 2. The summed E-state index contributed by atoms with van der Waals surface area (Å²) in [5, 5.41) is 0. The molecule has 4 heteroatoms. The molecule has 4 nitrogen and oxygen atoms in total. The van der Waals surface area contributed by atoms with Gasteiger partial charge in [-0.1, -0.05) is 24.3 Å². The maximum absolute atomic E-state index is 12.7. The lowest BCUT2D eigenvalue weighted by Crippen LogP contribution is -2.35. The zero-order valence-corrected chi connectivity index (χ0v) is 13.6. The highest BCUT2D eigenvalue weighted by Gasteiger charge is 2.28. The molecule has 0 aromatic heterocycles. The Labute approximate surface area is 141 Å². The van der Waals surface area contributed by atoms with Gasteiger partial charge in [0.1, 0.15) is 0 Å². The van der Waals surface area contributed by atoms with Crippen molar-refractivity contribution in [1.29, 1.82) is 0 Å². The average molecular weight is 320 g/mol. The largest absolute Gasteiger partial charge is 0.339 e. The van der Waals surface area contributed by atoms with Gasteiger partial charge in [-0.2, -0.15) is 0 Å². The molecular formula is C20H20N2O2. The molecule has 1 fully saturated rings. The van der Waals surface area contributed by atoms with Crippen molar-refractivity contribution in [1.82, 2.24) is 4.90 Å². The van der Waals surface area contributed by atoms with E-state index < -0.39 is 0 Å². The molecule has 2 aromatic carbocycles. The van der Waals surface area contributed by atoms with Crippen LogP contribution in [-0.4, -0.2) is 29.8 Å². The quantitative estimate of drug-likeness (QED) is 0.850. The van der Waals surface area contributed by atoms with Crippen molar-refractivity contribution in [3.63, 3.8) is 0 Å². The summed E-state index contributed by atoms with van der Waals surface area (Å²) in [5.74, 6) is 0.0777. The summed E-state index contributed by atoms with van der Waals surface area (Å²) < 4.78 is 0. The van der Waals surface area contributed by atoms with Crippen molar-refractivity contribution in [2.45, 2.75) is 25.8 Å². The second kappa shape index (κ2) is 6.11. The summed E-state index contributed by atoms with van der Waals surface area (Å²) in [6, 6.07) is 15.1. The summed E-state index contributed by atoms with van der Waals surface area (Å²) >= 11 is 0. The number of amides is 2. The lowest BCUT2D eigenvalue weighted by atomic mass is 10.1. The third-order valence-corrected chi connectivity index (χ3v) is 4.87. The molecule has 24 heavy (non-hydrogen) atoms. The number of hydrogen-bond acceptors (Lipinski definition) is 2. The van der Waals surface area contributed by atoms with Gasteiger partial charge in [-0.3, -0.25) is 9.59 Å². The molecule has 2 aliphatic rings. The highest BCUT2D eigenvalue weighted by atomic mass is 16.2. The smallest absolute Gasteiger partial charge is 0.258 e. The van der Waals surface area contributed by atoms with E-state index in [0.29, 0.717) is 12.1 Å². The highest BCUT2D eigenvalue weighted by Crippen LogP contribution is 2.29. The second-order valence-electron chi connectivity index (χ2n) is 6.45. The molecule has 2 aromatic rings. The number of piperidine rings is 1. The van der Waals surface area contributed by atoms with E-state index in [1.165, 1.54) is 6.42 Å². The van der Waals surface area contributed by atoms with E-state index in [1.807, 2.05) is 53.4 Å². The molecule has 0 spiro atoms. The first-order valence-corrected chi connectivity index (χ1v) is 8.53. The van der Waals surface area contributed by atoms with Gasteiger partial charge in [0, 0.05) is 29.9 Å². The molecule has 0 aliphatic carbocycles. The number of anilines is 1. The van der Waals surface area contributed by atoms with Gasteiger partial charge in [-0.05, 0) is 49.1 Å². The van der Waals surface area contributed by atoms with Gasteiger partial charge in [0.25, 0.3) is 11.8 Å². The maximum atomic E-state index is 12.7. The van der Waals surface area contributed by atoms with Crippen LogP contribution >= 0.6 is 0 Å². The van der Waals surface area contributed by atoms with Crippen LogP contribution in [0.4, 0.5) is 5.69 Å². The Morgan fingerprint density at radius 2 is 1.71 bits per heavy atom. The minimum Gasteiger partial charge on any atom is -0.339 e. The predicted octanol–water partition coefficient (Wildman–Crippen LogP) is 3.47. The van der Waals surface area contributed by atoms with Crippen LogP contribution < -0.4 is 4.90 Å². The Morgan fingerprint density at radius 1 is 0.917 bits per heavy atom. The molecule has 0 unspecified atom stereocenters. The van der Waals surface area contributed by atoms with Crippen LogP contribution in [0.25, 0.3) is 0 Å². The van der Waals surface area contributed by atoms with E-state index in [1.54, 1.807) is 4.90 Å². The van der Waals surface area contributed by atoms with Crippen LogP contribution in [0.5, 0.6) is 0 Å². The van der Waals surface area contributed by atoms with Crippen LogP contribution in [0.2, 0.25) is 0 Å². The number of benzene rings is 2. The van der Waals surface area contributed by atoms with Gasteiger partial charge in [-0.25, -0.2) is 0 Å². The van der Waals surface area contributed by atoms with Crippen LogP contribution in [-0.2, 0) is 6.54 Å². The molecule has 0 saturated carbocycles. The normalized spacial score (nSPS) is 17.1. The van der Waals surface area contributed by atoms with Crippen molar-refractivity contribution < 1.29 is 9.59 Å². The van der Waals surface area contributed by atoms with E-state index in [9.17, 15) is 9.59 Å². The van der Waals surface area contributed by atoms with Crippen molar-refractivity contribution in [3.8, 4) is 0 Å². The number of carbonyl (C=O) groups excluding carboxylic acids is 2. The van der Waals surface area contributed by atoms with Crippen molar-refractivity contribution in [2.75, 3.05) is 18.0 Å². The molecule has 0 bridgehead atoms. The Balaban J connectivity index is 1.60. The molecular weight excluding hydrogens is 300 g/mol. The monoisotopic (exact) mass is 320 g/mol. The molecule has 0 atom stereocenters. The number of fused-ring (bicyclic) bond motifs is 1. The highest BCUT2D eigenvalue weighted by molar-refractivity contribution is 6.10. The SMILES string of the molecule is O=C(c1cccc(N2Cc3ccccc3C2=O)c1)N1CCCCC1. The molecule has 2 aliphatic heterocycles. The predicted molar refractivity (Wildman–Crippen MR) is 93.2 cm³/mol. The second-order valence-corrected chi connectivity index (χ2v) is 6.45. The minimum absolute atomic E-state index is 0.00757. The Bertz CT molecular complexity index is 794. The van der Waals surface area contributed by atoms with Crippen LogP contribution in [0, 0.1) is 0 Å². The van der Waals surface area contributed by atoms with Gasteiger partial charge < -0.3 is 9.80 Å². The van der Waals surface area contributed by atoms with E-state index in [-0.39, 0.29) is 11.8 Å². The van der Waals surface area contributed by atoms with E-state index in [0.717, 1.165) is 42.7 Å². The zero-order valence-electron chi connectivity index (χ0n) is 13.6. The van der Waals surface area contributed by atoms with E-state index in [4.69, 9.17) is 0 Å². The number of carbonyl (C=O) groups is 2. The standard InChI is InChI=1S/C20H20N2O2/c23-19(21-11-4-1-5-12-21)15-8-6-9-17(13-15)22-14-16-7-2-3-10-18(16)20(22)24/h2-3,6-10,13H,1,4-5,11-12,14H2. The molecule has 122 valence electrons. The first-order chi connectivity index (χ1) is 11.7.